The number of carboxylic acids is 1. The number of aromatic nitrogens is 2. The molecule has 2 heterocycles. The van der Waals surface area contributed by atoms with Crippen LogP contribution < -0.4 is 21.7 Å². The second-order valence-corrected chi connectivity index (χ2v) is 14.7. The highest BCUT2D eigenvalue weighted by molar-refractivity contribution is 6.31. The fourth-order valence-electron chi connectivity index (χ4n) is 5.54. The van der Waals surface area contributed by atoms with Crippen molar-refractivity contribution < 1.29 is 33.8 Å². The number of nitrogens with zero attached hydrogens (tertiary/aromatic N) is 2. The number of esters is 2. The molecule has 0 atom stereocenters. The number of hydrogen-bond acceptors (Lipinski definition) is 11. The molecule has 0 bridgehead atoms. The first kappa shape index (κ1) is 50.4. The van der Waals surface area contributed by atoms with Gasteiger partial charge in [0.1, 0.15) is 0 Å². The van der Waals surface area contributed by atoms with Crippen molar-refractivity contribution in [1.29, 1.82) is 0 Å². The molecule has 324 valence electrons. The van der Waals surface area contributed by atoms with Gasteiger partial charge in [0.2, 0.25) is 5.91 Å². The second-order valence-electron chi connectivity index (χ2n) is 13.9. The molecule has 1 amide bonds. The van der Waals surface area contributed by atoms with E-state index in [4.69, 9.17) is 43.5 Å². The number of carboxylic acid groups (broad SMARTS) is 1. The Morgan fingerprint density at radius 3 is 1.56 bits per heavy atom. The molecule has 0 aliphatic heterocycles. The van der Waals surface area contributed by atoms with Crippen molar-refractivity contribution in [3.63, 3.8) is 0 Å². The molecule has 6 N–H and O–H groups in total. The van der Waals surface area contributed by atoms with Crippen LogP contribution in [0, 0.1) is 11.8 Å². The molecule has 59 heavy (non-hydrogen) atoms. The van der Waals surface area contributed by atoms with Gasteiger partial charge in [-0.2, -0.15) is 0 Å². The van der Waals surface area contributed by atoms with E-state index in [-0.39, 0.29) is 37.6 Å². The van der Waals surface area contributed by atoms with E-state index in [0.717, 1.165) is 78.3 Å². The number of pyridine rings is 2. The van der Waals surface area contributed by atoms with Crippen molar-refractivity contribution in [3.8, 4) is 0 Å². The average Bonchev–Trinajstić information content (AvgIpc) is 3.23. The van der Waals surface area contributed by atoms with Crippen LogP contribution in [0.2, 0.25) is 10.0 Å². The monoisotopic (exact) mass is 856 g/mol. The van der Waals surface area contributed by atoms with Crippen LogP contribution in [0.5, 0.6) is 0 Å². The van der Waals surface area contributed by atoms with Gasteiger partial charge < -0.3 is 36.3 Å². The molecular formula is C44H62Cl2N6O7. The maximum Gasteiger partial charge on any atom is 0.306 e. The summed E-state index contributed by atoms with van der Waals surface area (Å²) in [6.07, 6.45) is 9.26. The molecular weight excluding hydrogens is 795 g/mol. The van der Waals surface area contributed by atoms with Gasteiger partial charge in [0, 0.05) is 70.6 Å². The summed E-state index contributed by atoms with van der Waals surface area (Å²) >= 11 is 11.9. The van der Waals surface area contributed by atoms with Crippen molar-refractivity contribution in [2.45, 2.75) is 91.9 Å². The van der Waals surface area contributed by atoms with E-state index >= 15 is 0 Å². The fraction of sp³-hybridized carbons (Fsp3) is 0.500. The van der Waals surface area contributed by atoms with Gasteiger partial charge in [-0.05, 0) is 79.8 Å². The summed E-state index contributed by atoms with van der Waals surface area (Å²) < 4.78 is 10.2. The zero-order valence-electron chi connectivity index (χ0n) is 34.9. The number of benzene rings is 2. The fourth-order valence-corrected chi connectivity index (χ4v) is 5.88. The minimum Gasteiger partial charge on any atom is -0.481 e. The van der Waals surface area contributed by atoms with Gasteiger partial charge in [0.15, 0.2) is 0 Å². The Kier molecular flexibility index (Phi) is 25.2. The summed E-state index contributed by atoms with van der Waals surface area (Å²) in [7, 11) is 0. The van der Waals surface area contributed by atoms with Gasteiger partial charge in [-0.1, -0.05) is 76.6 Å². The lowest BCUT2D eigenvalue weighted by Gasteiger charge is -2.12. The highest BCUT2D eigenvalue weighted by atomic mass is 35.5. The van der Waals surface area contributed by atoms with Gasteiger partial charge in [0.05, 0.1) is 43.5 Å². The lowest BCUT2D eigenvalue weighted by atomic mass is 10.1. The molecule has 4 aromatic rings. The highest BCUT2D eigenvalue weighted by Crippen LogP contribution is 2.25. The van der Waals surface area contributed by atoms with Crippen molar-refractivity contribution in [1.82, 2.24) is 15.3 Å². The molecule has 0 aliphatic rings. The molecule has 15 heteroatoms. The third-order valence-corrected chi connectivity index (χ3v) is 9.94. The Morgan fingerprint density at radius 1 is 0.661 bits per heavy atom. The van der Waals surface area contributed by atoms with Crippen LogP contribution in [0.4, 0.5) is 11.4 Å². The van der Waals surface area contributed by atoms with E-state index in [1.807, 2.05) is 62.4 Å². The maximum absolute atomic E-state index is 11.9. The topological polar surface area (TPSA) is 195 Å². The first-order chi connectivity index (χ1) is 28.4. The smallest absolute Gasteiger partial charge is 0.306 e. The van der Waals surface area contributed by atoms with E-state index in [0.29, 0.717) is 54.7 Å². The third-order valence-electron chi connectivity index (χ3n) is 9.47. The minimum absolute atomic E-state index is 0.0323. The summed E-state index contributed by atoms with van der Waals surface area (Å²) in [5.74, 6) is -1.03. The standard InChI is InChI=1S/C22H30ClN3O3.C12H14ClN3.C10H18O4/c1-3-16(4-2)15-29-22(28)9-8-21(27)26-12-5-11-24-19-10-13-25-20-14-17(23)6-7-18(19)20;13-9-2-3-10-11(15-6-1-5-14)4-7-16-12(10)8-9;1-3-8(4-2)7-14-10(13)6-5-9(11)12/h6-7,10,13-14,16H,3-5,8-9,11-12,15H2,1-2H3,(H,24,25)(H,26,27);2-4,7-8H,1,5-6,14H2,(H,15,16);8H,3-7H2,1-2H3,(H,11,12). The molecule has 2 aromatic carbocycles. The SMILES string of the molecule is CCC(CC)COC(=O)CCC(=O)NCCCNc1ccnc2cc(Cl)ccc12.CCC(CC)COC(=O)CCC(=O)O.NCCCNc1ccnc2cc(Cl)ccc12. The van der Waals surface area contributed by atoms with Crippen molar-refractivity contribution in [3.05, 3.63) is 71.0 Å². The van der Waals surface area contributed by atoms with E-state index in [2.05, 4.69) is 39.8 Å². The molecule has 0 saturated carbocycles. The lowest BCUT2D eigenvalue weighted by molar-refractivity contribution is -0.148. The van der Waals surface area contributed by atoms with Crippen LogP contribution in [0.1, 0.15) is 91.9 Å². The van der Waals surface area contributed by atoms with Crippen LogP contribution in [-0.4, -0.2) is 78.3 Å². The number of nitrogens with two attached hydrogens (primary N) is 1. The van der Waals surface area contributed by atoms with E-state index in [1.54, 1.807) is 12.4 Å². The Bertz CT molecular complexity index is 1870. The quantitative estimate of drug-likeness (QED) is 0.0351. The second kappa shape index (κ2) is 29.5. The molecule has 0 fully saturated rings. The number of anilines is 2. The zero-order chi connectivity index (χ0) is 43.4. The van der Waals surface area contributed by atoms with Crippen LogP contribution in [-0.2, 0) is 28.7 Å². The molecule has 0 aliphatic carbocycles. The van der Waals surface area contributed by atoms with E-state index < -0.39 is 11.9 Å². The van der Waals surface area contributed by atoms with Crippen molar-refractivity contribution >= 4 is 80.2 Å². The maximum atomic E-state index is 11.9. The number of rotatable bonds is 23. The predicted molar refractivity (Wildman–Crippen MR) is 238 cm³/mol. The van der Waals surface area contributed by atoms with E-state index in [9.17, 15) is 19.2 Å². The number of fused-ring (bicyclic) bond motifs is 2. The van der Waals surface area contributed by atoms with Gasteiger partial charge >= 0.3 is 17.9 Å². The molecule has 0 saturated heterocycles. The first-order valence-corrected chi connectivity index (χ1v) is 21.3. The molecule has 13 nitrogen and oxygen atoms in total. The van der Waals surface area contributed by atoms with Crippen LogP contribution in [0.15, 0.2) is 60.9 Å². The summed E-state index contributed by atoms with van der Waals surface area (Å²) in [4.78, 5) is 53.3. The Labute approximate surface area is 358 Å². The van der Waals surface area contributed by atoms with Gasteiger partial charge in [0.25, 0.3) is 0 Å². The van der Waals surface area contributed by atoms with Crippen LogP contribution >= 0.6 is 23.2 Å². The Hall–Kier alpha value is -4.72. The number of ether oxygens (including phenoxy) is 2. The number of aliphatic carboxylic acids is 1. The number of amides is 1. The number of carbonyl (C=O) groups is 4. The van der Waals surface area contributed by atoms with Gasteiger partial charge in [-0.25, -0.2) is 0 Å². The molecule has 0 spiro atoms. The Morgan fingerprint density at radius 2 is 1.12 bits per heavy atom. The summed E-state index contributed by atoms with van der Waals surface area (Å²) in [5, 5.41) is 21.3. The molecule has 0 unspecified atom stereocenters. The van der Waals surface area contributed by atoms with Crippen molar-refractivity contribution in [2.75, 3.05) is 50.0 Å². The molecule has 0 radical (unpaired) electrons. The zero-order valence-corrected chi connectivity index (χ0v) is 36.4. The van der Waals surface area contributed by atoms with Crippen LogP contribution in [0.3, 0.4) is 0 Å². The average molecular weight is 858 g/mol. The Balaban J connectivity index is 0.000000337. The summed E-state index contributed by atoms with van der Waals surface area (Å²) in [6, 6.07) is 15.2. The normalized spacial score (nSPS) is 10.7. The lowest BCUT2D eigenvalue weighted by Crippen LogP contribution is -2.26. The molecule has 2 aromatic heterocycles. The van der Waals surface area contributed by atoms with Crippen molar-refractivity contribution in [2.24, 2.45) is 17.6 Å². The highest BCUT2D eigenvalue weighted by Gasteiger charge is 2.12. The van der Waals surface area contributed by atoms with Gasteiger partial charge in [-0.3, -0.25) is 29.1 Å². The molecule has 4 rings (SSSR count). The summed E-state index contributed by atoms with van der Waals surface area (Å²) in [5.41, 5.74) is 9.27. The third kappa shape index (κ3) is 20.7. The number of hydrogen-bond donors (Lipinski definition) is 5. The number of nitrogens with one attached hydrogen (secondary N) is 3. The van der Waals surface area contributed by atoms with Crippen LogP contribution in [0.25, 0.3) is 21.8 Å². The van der Waals surface area contributed by atoms with Gasteiger partial charge in [-0.15, -0.1) is 0 Å². The number of carbonyl (C=O) groups excluding carboxylic acids is 3. The summed E-state index contributed by atoms with van der Waals surface area (Å²) in [6.45, 7) is 11.9. The number of halogens is 2. The predicted octanol–water partition coefficient (Wildman–Crippen LogP) is 9.05. The van der Waals surface area contributed by atoms with E-state index in [1.165, 1.54) is 0 Å². The first-order valence-electron chi connectivity index (χ1n) is 20.5. The largest absolute Gasteiger partial charge is 0.481 e. The minimum atomic E-state index is -0.968.